The van der Waals surface area contributed by atoms with Crippen LogP contribution in [0.5, 0.6) is 5.75 Å². The van der Waals surface area contributed by atoms with Crippen molar-refractivity contribution in [1.82, 2.24) is 9.62 Å². The maximum atomic E-state index is 13.1. The van der Waals surface area contributed by atoms with Crippen molar-refractivity contribution in [1.29, 1.82) is 0 Å². The normalized spacial score (nSPS) is 15.8. The molecule has 1 atom stereocenters. The van der Waals surface area contributed by atoms with E-state index in [4.69, 9.17) is 21.1 Å². The van der Waals surface area contributed by atoms with Gasteiger partial charge in [-0.25, -0.2) is 8.42 Å². The van der Waals surface area contributed by atoms with Gasteiger partial charge in [-0.15, -0.1) is 0 Å². The Morgan fingerprint density at radius 3 is 2.42 bits per heavy atom. The average Bonchev–Trinajstić information content (AvgIpc) is 2.79. The van der Waals surface area contributed by atoms with E-state index < -0.39 is 10.0 Å². The van der Waals surface area contributed by atoms with E-state index in [1.165, 1.54) is 16.4 Å². The number of rotatable bonds is 9. The molecule has 0 saturated carbocycles. The number of nitrogens with one attached hydrogen (secondary N) is 2. The first-order valence-corrected chi connectivity index (χ1v) is 12.7. The Hall–Kier alpha value is -2.33. The Bertz CT molecular complexity index is 1050. The molecule has 2 N–H and O–H groups in total. The number of halogens is 1. The van der Waals surface area contributed by atoms with Crippen LogP contribution in [-0.2, 0) is 19.6 Å². The van der Waals surface area contributed by atoms with Gasteiger partial charge in [0.15, 0.2) is 0 Å². The lowest BCUT2D eigenvalue weighted by atomic mass is 10.1. The lowest BCUT2D eigenvalue weighted by Gasteiger charge is -2.26. The van der Waals surface area contributed by atoms with E-state index in [1.54, 1.807) is 18.2 Å². The molecule has 1 aliphatic rings. The van der Waals surface area contributed by atoms with E-state index >= 15 is 0 Å². The zero-order chi connectivity index (χ0) is 24.0. The minimum absolute atomic E-state index is 0.0482. The summed E-state index contributed by atoms with van der Waals surface area (Å²) in [6.07, 6.45) is -0.119. The smallest absolute Gasteiger partial charge is 0.243 e. The van der Waals surface area contributed by atoms with E-state index in [0.717, 1.165) is 5.56 Å². The van der Waals surface area contributed by atoms with Crippen molar-refractivity contribution in [3.05, 3.63) is 53.1 Å². The number of nitrogens with zero attached hydrogens (tertiary/aromatic N) is 1. The fourth-order valence-corrected chi connectivity index (χ4v) is 4.96. The third-order valence-electron chi connectivity index (χ3n) is 5.11. The third kappa shape index (κ3) is 6.83. The first-order chi connectivity index (χ1) is 15.7. The Morgan fingerprint density at radius 2 is 1.79 bits per heavy atom. The predicted octanol–water partition coefficient (Wildman–Crippen LogP) is 3.44. The third-order valence-corrected chi connectivity index (χ3v) is 7.26. The van der Waals surface area contributed by atoms with E-state index in [0.29, 0.717) is 42.8 Å². The van der Waals surface area contributed by atoms with Crippen LogP contribution < -0.4 is 15.4 Å². The van der Waals surface area contributed by atoms with Crippen molar-refractivity contribution in [2.45, 2.75) is 37.8 Å². The highest BCUT2D eigenvalue weighted by Crippen LogP contribution is 2.30. The van der Waals surface area contributed by atoms with Crippen molar-refractivity contribution >= 4 is 33.2 Å². The Balaban J connectivity index is 1.73. The minimum atomic E-state index is -3.68. The number of hydrogen-bond acceptors (Lipinski definition) is 6. The minimum Gasteiger partial charge on any atom is -0.489 e. The lowest BCUT2D eigenvalue weighted by molar-refractivity contribution is -0.120. The van der Waals surface area contributed by atoms with Crippen LogP contribution in [0.2, 0.25) is 5.02 Å². The van der Waals surface area contributed by atoms with Gasteiger partial charge in [-0.1, -0.05) is 23.7 Å². The first-order valence-electron chi connectivity index (χ1n) is 10.8. The topological polar surface area (TPSA) is 97.0 Å². The average molecular weight is 496 g/mol. The standard InChI is InChI=1S/C23H30ClN3O5S/c1-16(2)32-22-9-8-20(33(29,30)27-10-12-31-13-11-27)14-21(22)25-15-23(28)26-17(3)18-4-6-19(24)7-5-18/h4-9,14,16-17,25H,10-13,15H2,1-3H3,(H,26,28). The number of sulfonamides is 1. The summed E-state index contributed by atoms with van der Waals surface area (Å²) in [5, 5.41) is 6.58. The van der Waals surface area contributed by atoms with Gasteiger partial charge in [0.2, 0.25) is 15.9 Å². The van der Waals surface area contributed by atoms with Gasteiger partial charge in [-0.3, -0.25) is 4.79 Å². The van der Waals surface area contributed by atoms with Gasteiger partial charge in [-0.2, -0.15) is 4.31 Å². The van der Waals surface area contributed by atoms with Crippen LogP contribution in [0.1, 0.15) is 32.4 Å². The number of morpholine rings is 1. The van der Waals surface area contributed by atoms with Crippen LogP contribution >= 0.6 is 11.6 Å². The molecule has 0 aliphatic carbocycles. The van der Waals surface area contributed by atoms with Crippen LogP contribution in [0.4, 0.5) is 5.69 Å². The highest BCUT2D eigenvalue weighted by molar-refractivity contribution is 7.89. The van der Waals surface area contributed by atoms with Gasteiger partial charge in [-0.05, 0) is 56.7 Å². The number of hydrogen-bond donors (Lipinski definition) is 2. The van der Waals surface area contributed by atoms with Gasteiger partial charge in [0.05, 0.1) is 42.5 Å². The van der Waals surface area contributed by atoms with Crippen molar-refractivity contribution in [3.8, 4) is 5.75 Å². The number of benzene rings is 2. The van der Waals surface area contributed by atoms with Crippen molar-refractivity contribution in [3.63, 3.8) is 0 Å². The fourth-order valence-electron chi connectivity index (χ4n) is 3.40. The molecule has 1 fully saturated rings. The largest absolute Gasteiger partial charge is 0.489 e. The molecule has 1 aliphatic heterocycles. The fraction of sp³-hybridized carbons (Fsp3) is 0.435. The van der Waals surface area contributed by atoms with Crippen LogP contribution in [0.15, 0.2) is 47.4 Å². The molecule has 0 aromatic heterocycles. The molecule has 180 valence electrons. The van der Waals surface area contributed by atoms with Gasteiger partial charge in [0, 0.05) is 18.1 Å². The summed E-state index contributed by atoms with van der Waals surface area (Å²) in [5.41, 5.74) is 1.36. The van der Waals surface area contributed by atoms with Crippen LogP contribution in [-0.4, -0.2) is 57.6 Å². The molecular formula is C23H30ClN3O5S. The SMILES string of the molecule is CC(C)Oc1ccc(S(=O)(=O)N2CCOCC2)cc1NCC(=O)NC(C)c1ccc(Cl)cc1. The molecule has 33 heavy (non-hydrogen) atoms. The van der Waals surface area contributed by atoms with Gasteiger partial charge >= 0.3 is 0 Å². The predicted molar refractivity (Wildman–Crippen MR) is 128 cm³/mol. The molecule has 1 amide bonds. The highest BCUT2D eigenvalue weighted by atomic mass is 35.5. The highest BCUT2D eigenvalue weighted by Gasteiger charge is 2.27. The monoisotopic (exact) mass is 495 g/mol. The molecule has 2 aromatic carbocycles. The summed E-state index contributed by atoms with van der Waals surface area (Å²) in [5.74, 6) is 0.235. The summed E-state index contributed by atoms with van der Waals surface area (Å²) >= 11 is 5.92. The van der Waals surface area contributed by atoms with E-state index in [2.05, 4.69) is 10.6 Å². The summed E-state index contributed by atoms with van der Waals surface area (Å²) < 4.78 is 38.6. The molecule has 10 heteroatoms. The first kappa shape index (κ1) is 25.3. The molecular weight excluding hydrogens is 466 g/mol. The molecule has 8 nitrogen and oxygen atoms in total. The number of carbonyl (C=O) groups excluding carboxylic acids is 1. The zero-order valence-electron chi connectivity index (χ0n) is 19.0. The second-order valence-electron chi connectivity index (χ2n) is 8.04. The molecule has 3 rings (SSSR count). The molecule has 0 bridgehead atoms. The van der Waals surface area contributed by atoms with E-state index in [-0.39, 0.29) is 29.5 Å². The molecule has 0 spiro atoms. The lowest BCUT2D eigenvalue weighted by Crippen LogP contribution is -2.40. The Morgan fingerprint density at radius 1 is 1.12 bits per heavy atom. The summed E-state index contributed by atoms with van der Waals surface area (Å²) in [7, 11) is -3.68. The molecule has 1 saturated heterocycles. The maximum absolute atomic E-state index is 13.1. The molecule has 1 unspecified atom stereocenters. The second-order valence-corrected chi connectivity index (χ2v) is 10.4. The van der Waals surface area contributed by atoms with Crippen LogP contribution in [0.25, 0.3) is 0 Å². The Kier molecular flexibility index (Phi) is 8.58. The van der Waals surface area contributed by atoms with Crippen LogP contribution in [0.3, 0.4) is 0 Å². The maximum Gasteiger partial charge on any atom is 0.243 e. The summed E-state index contributed by atoms with van der Waals surface area (Å²) in [4.78, 5) is 12.7. The van der Waals surface area contributed by atoms with E-state index in [9.17, 15) is 13.2 Å². The van der Waals surface area contributed by atoms with Gasteiger partial charge in [0.1, 0.15) is 5.75 Å². The van der Waals surface area contributed by atoms with Gasteiger partial charge in [0.25, 0.3) is 0 Å². The molecule has 2 aromatic rings. The second kappa shape index (κ2) is 11.2. The number of anilines is 1. The van der Waals surface area contributed by atoms with E-state index in [1.807, 2.05) is 32.9 Å². The molecule has 1 heterocycles. The van der Waals surface area contributed by atoms with Crippen molar-refractivity contribution in [2.24, 2.45) is 0 Å². The summed E-state index contributed by atoms with van der Waals surface area (Å²) in [6.45, 7) is 6.93. The van der Waals surface area contributed by atoms with Gasteiger partial charge < -0.3 is 20.1 Å². The summed E-state index contributed by atoms with van der Waals surface area (Å²) in [6, 6.07) is 11.7. The van der Waals surface area contributed by atoms with Crippen molar-refractivity contribution in [2.75, 3.05) is 38.2 Å². The number of amides is 1. The van der Waals surface area contributed by atoms with Crippen molar-refractivity contribution < 1.29 is 22.7 Å². The Labute approximate surface area is 200 Å². The number of ether oxygens (including phenoxy) is 2. The van der Waals surface area contributed by atoms with Crippen LogP contribution in [0, 0.1) is 0 Å². The molecule has 0 radical (unpaired) electrons. The number of carbonyl (C=O) groups is 1. The zero-order valence-corrected chi connectivity index (χ0v) is 20.6. The quantitative estimate of drug-likeness (QED) is 0.553.